The third-order valence-electron chi connectivity index (χ3n) is 2.90. The fourth-order valence-corrected chi connectivity index (χ4v) is 2.83. The van der Waals surface area contributed by atoms with E-state index in [1.165, 1.54) is 12.1 Å². The number of imidazole rings is 1. The van der Waals surface area contributed by atoms with Gasteiger partial charge in [-0.3, -0.25) is 4.98 Å². The van der Waals surface area contributed by atoms with Crippen LogP contribution >= 0.6 is 22.9 Å². The summed E-state index contributed by atoms with van der Waals surface area (Å²) in [7, 11) is 0. The SMILES string of the molecule is Fc1ccc2c(c1)nc(CCCl)n2Cc1cncs1. The first kappa shape index (κ1) is 12.6. The lowest BCUT2D eigenvalue weighted by atomic mass is 10.3. The summed E-state index contributed by atoms with van der Waals surface area (Å²) in [6, 6.07) is 4.67. The highest BCUT2D eigenvalue weighted by Gasteiger charge is 2.12. The van der Waals surface area contributed by atoms with Crippen molar-refractivity contribution in [2.24, 2.45) is 0 Å². The summed E-state index contributed by atoms with van der Waals surface area (Å²) < 4.78 is 15.3. The second-order valence-electron chi connectivity index (χ2n) is 4.15. The molecule has 2 heterocycles. The maximum absolute atomic E-state index is 13.3. The van der Waals surface area contributed by atoms with Gasteiger partial charge in [0.2, 0.25) is 0 Å². The molecule has 0 unspecified atom stereocenters. The summed E-state index contributed by atoms with van der Waals surface area (Å²) in [6.07, 6.45) is 2.50. The molecule has 0 spiro atoms. The highest BCUT2D eigenvalue weighted by atomic mass is 35.5. The lowest BCUT2D eigenvalue weighted by Crippen LogP contribution is -2.04. The molecular formula is C13H11ClFN3S. The van der Waals surface area contributed by atoms with E-state index in [4.69, 9.17) is 11.6 Å². The molecule has 6 heteroatoms. The monoisotopic (exact) mass is 295 g/mol. The molecule has 1 aromatic carbocycles. The van der Waals surface area contributed by atoms with Gasteiger partial charge in [0.1, 0.15) is 11.6 Å². The average molecular weight is 296 g/mol. The van der Waals surface area contributed by atoms with E-state index in [2.05, 4.69) is 14.5 Å². The number of hydrogen-bond acceptors (Lipinski definition) is 3. The number of fused-ring (bicyclic) bond motifs is 1. The molecule has 0 amide bonds. The van der Waals surface area contributed by atoms with E-state index in [9.17, 15) is 4.39 Å². The lowest BCUT2D eigenvalue weighted by Gasteiger charge is -2.06. The number of nitrogens with zero attached hydrogens (tertiary/aromatic N) is 3. The van der Waals surface area contributed by atoms with Crippen molar-refractivity contribution >= 4 is 34.0 Å². The third-order valence-corrected chi connectivity index (χ3v) is 3.86. The van der Waals surface area contributed by atoms with Crippen LogP contribution < -0.4 is 0 Å². The molecule has 0 aliphatic carbocycles. The van der Waals surface area contributed by atoms with Gasteiger partial charge in [-0.15, -0.1) is 22.9 Å². The smallest absolute Gasteiger partial charge is 0.125 e. The first-order valence-corrected chi connectivity index (χ1v) is 7.27. The summed E-state index contributed by atoms with van der Waals surface area (Å²) in [5.41, 5.74) is 3.40. The third kappa shape index (κ3) is 2.48. The Balaban J connectivity index is 2.10. The Bertz CT molecular complexity index is 693. The van der Waals surface area contributed by atoms with Crippen LogP contribution in [-0.2, 0) is 13.0 Å². The van der Waals surface area contributed by atoms with E-state index < -0.39 is 0 Å². The van der Waals surface area contributed by atoms with Crippen LogP contribution in [0.2, 0.25) is 0 Å². The Hall–Kier alpha value is -1.46. The van der Waals surface area contributed by atoms with Crippen molar-refractivity contribution in [3.8, 4) is 0 Å². The molecule has 3 aromatic rings. The van der Waals surface area contributed by atoms with Crippen molar-refractivity contribution in [1.29, 1.82) is 0 Å². The van der Waals surface area contributed by atoms with Crippen LogP contribution in [0.1, 0.15) is 10.7 Å². The molecule has 0 atom stereocenters. The Kier molecular flexibility index (Phi) is 3.48. The van der Waals surface area contributed by atoms with Gasteiger partial charge in [-0.1, -0.05) is 0 Å². The van der Waals surface area contributed by atoms with Gasteiger partial charge < -0.3 is 4.57 Å². The molecular weight excluding hydrogens is 285 g/mol. The van der Waals surface area contributed by atoms with Crippen molar-refractivity contribution in [3.05, 3.63) is 46.4 Å². The number of halogens is 2. The van der Waals surface area contributed by atoms with Crippen molar-refractivity contribution in [3.63, 3.8) is 0 Å². The first-order chi connectivity index (χ1) is 9.28. The molecule has 0 fully saturated rings. The maximum Gasteiger partial charge on any atom is 0.125 e. The lowest BCUT2D eigenvalue weighted by molar-refractivity contribution is 0.629. The van der Waals surface area contributed by atoms with Crippen LogP contribution in [-0.4, -0.2) is 20.4 Å². The van der Waals surface area contributed by atoms with E-state index in [0.717, 1.165) is 16.2 Å². The van der Waals surface area contributed by atoms with E-state index >= 15 is 0 Å². The van der Waals surface area contributed by atoms with Crippen molar-refractivity contribution in [2.75, 3.05) is 5.88 Å². The molecule has 3 nitrogen and oxygen atoms in total. The topological polar surface area (TPSA) is 30.7 Å². The van der Waals surface area contributed by atoms with Crippen LogP contribution in [0.3, 0.4) is 0 Å². The predicted octanol–water partition coefficient (Wildman–Crippen LogP) is 3.46. The molecule has 2 aromatic heterocycles. The highest BCUT2D eigenvalue weighted by Crippen LogP contribution is 2.21. The minimum absolute atomic E-state index is 0.271. The second kappa shape index (κ2) is 5.27. The van der Waals surface area contributed by atoms with Gasteiger partial charge in [0, 0.05) is 29.4 Å². The Morgan fingerprint density at radius 3 is 3.00 bits per heavy atom. The van der Waals surface area contributed by atoms with Crippen LogP contribution in [0.5, 0.6) is 0 Å². The number of alkyl halides is 1. The number of benzene rings is 1. The molecule has 0 radical (unpaired) electrons. The zero-order valence-electron chi connectivity index (χ0n) is 10.0. The Morgan fingerprint density at radius 1 is 1.37 bits per heavy atom. The minimum Gasteiger partial charge on any atom is -0.323 e. The fourth-order valence-electron chi connectivity index (χ4n) is 2.08. The van der Waals surface area contributed by atoms with E-state index in [-0.39, 0.29) is 5.82 Å². The fraction of sp³-hybridized carbons (Fsp3) is 0.231. The van der Waals surface area contributed by atoms with E-state index in [1.807, 2.05) is 6.20 Å². The van der Waals surface area contributed by atoms with Gasteiger partial charge in [-0.25, -0.2) is 9.37 Å². The van der Waals surface area contributed by atoms with Crippen molar-refractivity contribution in [2.45, 2.75) is 13.0 Å². The molecule has 0 aliphatic heterocycles. The van der Waals surface area contributed by atoms with Crippen LogP contribution in [0, 0.1) is 5.82 Å². The first-order valence-electron chi connectivity index (χ1n) is 5.86. The molecule has 19 heavy (non-hydrogen) atoms. The standard InChI is InChI=1S/C13H11ClFN3S/c14-4-3-13-17-11-5-9(15)1-2-12(11)18(13)7-10-6-16-8-19-10/h1-2,5-6,8H,3-4,7H2. The quantitative estimate of drug-likeness (QED) is 0.690. The average Bonchev–Trinajstić information content (AvgIpc) is 2.99. The predicted molar refractivity (Wildman–Crippen MR) is 75.3 cm³/mol. The molecule has 0 bridgehead atoms. The summed E-state index contributed by atoms with van der Waals surface area (Å²) in [5.74, 6) is 1.10. The van der Waals surface area contributed by atoms with Crippen LogP contribution in [0.4, 0.5) is 4.39 Å². The van der Waals surface area contributed by atoms with E-state index in [0.29, 0.717) is 24.4 Å². The molecule has 0 aliphatic rings. The highest BCUT2D eigenvalue weighted by molar-refractivity contribution is 7.09. The van der Waals surface area contributed by atoms with Crippen LogP contribution in [0.15, 0.2) is 29.9 Å². The summed E-state index contributed by atoms with van der Waals surface area (Å²) in [6.45, 7) is 0.693. The Morgan fingerprint density at radius 2 is 2.26 bits per heavy atom. The minimum atomic E-state index is -0.271. The molecule has 98 valence electrons. The number of thiazole rings is 1. The number of aryl methyl sites for hydroxylation is 1. The Labute approximate surface area is 118 Å². The van der Waals surface area contributed by atoms with E-state index in [1.54, 1.807) is 22.9 Å². The maximum atomic E-state index is 13.3. The van der Waals surface area contributed by atoms with Gasteiger partial charge in [-0.05, 0) is 12.1 Å². The largest absolute Gasteiger partial charge is 0.323 e. The summed E-state index contributed by atoms with van der Waals surface area (Å²) in [4.78, 5) is 9.68. The molecule has 3 rings (SSSR count). The van der Waals surface area contributed by atoms with Crippen molar-refractivity contribution < 1.29 is 4.39 Å². The normalized spacial score (nSPS) is 11.3. The number of hydrogen-bond donors (Lipinski definition) is 0. The molecule has 0 N–H and O–H groups in total. The summed E-state index contributed by atoms with van der Waals surface area (Å²) in [5, 5.41) is 0. The van der Waals surface area contributed by atoms with Gasteiger partial charge in [-0.2, -0.15) is 0 Å². The molecule has 0 saturated carbocycles. The zero-order chi connectivity index (χ0) is 13.2. The van der Waals surface area contributed by atoms with Gasteiger partial charge in [0.15, 0.2) is 0 Å². The summed E-state index contributed by atoms with van der Waals surface area (Å²) >= 11 is 7.40. The molecule has 0 saturated heterocycles. The van der Waals surface area contributed by atoms with Gasteiger partial charge in [0.25, 0.3) is 0 Å². The second-order valence-corrected chi connectivity index (χ2v) is 5.50. The van der Waals surface area contributed by atoms with Gasteiger partial charge >= 0.3 is 0 Å². The number of aromatic nitrogens is 3. The number of rotatable bonds is 4. The van der Waals surface area contributed by atoms with Gasteiger partial charge in [0.05, 0.1) is 23.1 Å². The zero-order valence-corrected chi connectivity index (χ0v) is 11.6. The van der Waals surface area contributed by atoms with Crippen molar-refractivity contribution in [1.82, 2.24) is 14.5 Å². The van der Waals surface area contributed by atoms with Crippen LogP contribution in [0.25, 0.3) is 11.0 Å².